The molecular weight excluding hydrogens is 220 g/mol. The Hall–Kier alpha value is -1.59. The second-order valence-corrected chi connectivity index (χ2v) is 4.01. The van der Waals surface area contributed by atoms with E-state index in [2.05, 4.69) is 10.6 Å². The Morgan fingerprint density at radius 1 is 1.53 bits per heavy atom. The number of carbonyl (C=O) groups is 1. The molecule has 1 fully saturated rings. The van der Waals surface area contributed by atoms with Gasteiger partial charge in [0.2, 0.25) is 5.91 Å². The van der Waals surface area contributed by atoms with Crippen LogP contribution >= 0.6 is 0 Å². The van der Waals surface area contributed by atoms with Gasteiger partial charge in [0, 0.05) is 6.54 Å². The Labute approximate surface area is 99.8 Å². The van der Waals surface area contributed by atoms with Crippen LogP contribution in [-0.4, -0.2) is 36.3 Å². The monoisotopic (exact) mass is 236 g/mol. The topological polar surface area (TPSA) is 70.6 Å². The van der Waals surface area contributed by atoms with Gasteiger partial charge in [0.25, 0.3) is 0 Å². The molecule has 1 amide bonds. The normalized spacial score (nSPS) is 24.3. The van der Waals surface area contributed by atoms with Crippen LogP contribution in [0.15, 0.2) is 24.3 Å². The van der Waals surface area contributed by atoms with Crippen molar-refractivity contribution < 1.29 is 14.6 Å². The van der Waals surface area contributed by atoms with Crippen molar-refractivity contribution in [1.82, 2.24) is 5.32 Å². The van der Waals surface area contributed by atoms with Gasteiger partial charge in [0.05, 0.1) is 18.4 Å². The number of morpholine rings is 1. The number of ether oxygens (including phenoxy) is 1. The fraction of sp³-hybridized carbons (Fsp3) is 0.417. The highest BCUT2D eigenvalue weighted by atomic mass is 16.5. The molecule has 1 aliphatic rings. The SMILES string of the molecule is C[C@H]1OCCN[C@@H]1C(=O)Nc1ccccc1O. The molecule has 3 N–H and O–H groups in total. The molecule has 1 aromatic carbocycles. The Bertz CT molecular complexity index is 408. The van der Waals surface area contributed by atoms with Gasteiger partial charge < -0.3 is 20.5 Å². The molecule has 5 nitrogen and oxygen atoms in total. The van der Waals surface area contributed by atoms with Crippen LogP contribution < -0.4 is 10.6 Å². The Morgan fingerprint density at radius 2 is 2.29 bits per heavy atom. The minimum Gasteiger partial charge on any atom is -0.506 e. The summed E-state index contributed by atoms with van der Waals surface area (Å²) in [5.74, 6) is -0.135. The van der Waals surface area contributed by atoms with E-state index in [0.29, 0.717) is 18.8 Å². The van der Waals surface area contributed by atoms with E-state index in [0.717, 1.165) is 0 Å². The zero-order valence-corrected chi connectivity index (χ0v) is 9.64. The molecule has 0 bridgehead atoms. The fourth-order valence-corrected chi connectivity index (χ4v) is 1.82. The van der Waals surface area contributed by atoms with Crippen LogP contribution in [0.25, 0.3) is 0 Å². The average Bonchev–Trinajstić information content (AvgIpc) is 2.32. The van der Waals surface area contributed by atoms with Crippen LogP contribution in [0.5, 0.6) is 5.75 Å². The van der Waals surface area contributed by atoms with Gasteiger partial charge in [-0.3, -0.25) is 4.79 Å². The summed E-state index contributed by atoms with van der Waals surface area (Å²) in [4.78, 5) is 12.0. The summed E-state index contributed by atoms with van der Waals surface area (Å²) in [6, 6.07) is 6.26. The third kappa shape index (κ3) is 2.75. The summed E-state index contributed by atoms with van der Waals surface area (Å²) in [7, 11) is 0. The first-order chi connectivity index (χ1) is 8.18. The maximum Gasteiger partial charge on any atom is 0.244 e. The number of hydrogen-bond donors (Lipinski definition) is 3. The van der Waals surface area contributed by atoms with Gasteiger partial charge in [-0.25, -0.2) is 0 Å². The smallest absolute Gasteiger partial charge is 0.244 e. The number of para-hydroxylation sites is 2. The van der Waals surface area contributed by atoms with E-state index >= 15 is 0 Å². The number of phenolic OH excluding ortho intramolecular Hbond substituents is 1. The van der Waals surface area contributed by atoms with Gasteiger partial charge in [-0.1, -0.05) is 12.1 Å². The lowest BCUT2D eigenvalue weighted by atomic mass is 10.1. The van der Waals surface area contributed by atoms with Crippen molar-refractivity contribution in [3.8, 4) is 5.75 Å². The number of carbonyl (C=O) groups excluding carboxylic acids is 1. The number of anilines is 1. The molecule has 0 aliphatic carbocycles. The van der Waals surface area contributed by atoms with Gasteiger partial charge in [-0.05, 0) is 19.1 Å². The maximum absolute atomic E-state index is 12.0. The average molecular weight is 236 g/mol. The van der Waals surface area contributed by atoms with Gasteiger partial charge in [-0.2, -0.15) is 0 Å². The molecule has 1 aromatic rings. The zero-order chi connectivity index (χ0) is 12.3. The van der Waals surface area contributed by atoms with Crippen molar-refractivity contribution in [2.24, 2.45) is 0 Å². The van der Waals surface area contributed by atoms with E-state index in [9.17, 15) is 9.90 Å². The van der Waals surface area contributed by atoms with E-state index in [-0.39, 0.29) is 23.8 Å². The second kappa shape index (κ2) is 5.16. The molecule has 5 heteroatoms. The minimum absolute atomic E-state index is 0.0604. The zero-order valence-electron chi connectivity index (χ0n) is 9.64. The fourth-order valence-electron chi connectivity index (χ4n) is 1.82. The van der Waals surface area contributed by atoms with Gasteiger partial charge >= 0.3 is 0 Å². The van der Waals surface area contributed by atoms with Gasteiger partial charge in [0.15, 0.2) is 0 Å². The number of aromatic hydroxyl groups is 1. The lowest BCUT2D eigenvalue weighted by Crippen LogP contribution is -2.53. The Morgan fingerprint density at radius 3 is 3.00 bits per heavy atom. The van der Waals surface area contributed by atoms with E-state index in [1.54, 1.807) is 18.2 Å². The van der Waals surface area contributed by atoms with Crippen LogP contribution in [-0.2, 0) is 9.53 Å². The lowest BCUT2D eigenvalue weighted by molar-refractivity contribution is -0.123. The maximum atomic E-state index is 12.0. The molecule has 0 spiro atoms. The van der Waals surface area contributed by atoms with E-state index in [1.165, 1.54) is 6.07 Å². The first-order valence-electron chi connectivity index (χ1n) is 5.62. The molecular formula is C12H16N2O3. The highest BCUT2D eigenvalue weighted by Gasteiger charge is 2.28. The van der Waals surface area contributed by atoms with Gasteiger partial charge in [0.1, 0.15) is 11.8 Å². The van der Waals surface area contributed by atoms with Crippen molar-refractivity contribution in [1.29, 1.82) is 0 Å². The predicted octanol–water partition coefficient (Wildman–Crippen LogP) is 0.708. The summed E-state index contributed by atoms with van der Waals surface area (Å²) in [5, 5.41) is 15.3. The molecule has 17 heavy (non-hydrogen) atoms. The highest BCUT2D eigenvalue weighted by Crippen LogP contribution is 2.22. The molecule has 92 valence electrons. The summed E-state index contributed by atoms with van der Waals surface area (Å²) in [5.41, 5.74) is 0.414. The summed E-state index contributed by atoms with van der Waals surface area (Å²) >= 11 is 0. The Kier molecular flexibility index (Phi) is 3.61. The first-order valence-corrected chi connectivity index (χ1v) is 5.62. The lowest BCUT2D eigenvalue weighted by Gasteiger charge is -2.29. The number of benzene rings is 1. The number of rotatable bonds is 2. The van der Waals surface area contributed by atoms with Crippen LogP contribution in [0, 0.1) is 0 Å². The standard InChI is InChI=1S/C12H16N2O3/c1-8-11(13-6-7-17-8)12(16)14-9-4-2-3-5-10(9)15/h2-5,8,11,13,15H,6-7H2,1H3,(H,14,16)/t8-,11+/m1/s1. The molecule has 1 heterocycles. The molecule has 0 saturated carbocycles. The summed E-state index contributed by atoms with van der Waals surface area (Å²) < 4.78 is 5.39. The van der Waals surface area contributed by atoms with Crippen LogP contribution in [0.2, 0.25) is 0 Å². The van der Waals surface area contributed by atoms with Crippen LogP contribution in [0.3, 0.4) is 0 Å². The molecule has 0 unspecified atom stereocenters. The summed E-state index contributed by atoms with van der Waals surface area (Å²) in [6.07, 6.45) is -0.172. The van der Waals surface area contributed by atoms with Crippen molar-refractivity contribution in [2.75, 3.05) is 18.5 Å². The van der Waals surface area contributed by atoms with Crippen molar-refractivity contribution >= 4 is 11.6 Å². The molecule has 0 aromatic heterocycles. The molecule has 2 rings (SSSR count). The van der Waals surface area contributed by atoms with Crippen molar-refractivity contribution in [3.05, 3.63) is 24.3 Å². The van der Waals surface area contributed by atoms with Gasteiger partial charge in [-0.15, -0.1) is 0 Å². The third-order valence-corrected chi connectivity index (χ3v) is 2.76. The third-order valence-electron chi connectivity index (χ3n) is 2.76. The number of phenols is 1. The summed E-state index contributed by atoms with van der Waals surface area (Å²) in [6.45, 7) is 3.12. The van der Waals surface area contributed by atoms with Crippen molar-refractivity contribution in [3.63, 3.8) is 0 Å². The highest BCUT2D eigenvalue weighted by molar-refractivity contribution is 5.96. The number of nitrogens with one attached hydrogen (secondary N) is 2. The molecule has 0 radical (unpaired) electrons. The van der Waals surface area contributed by atoms with Crippen LogP contribution in [0.4, 0.5) is 5.69 Å². The van der Waals surface area contributed by atoms with Crippen molar-refractivity contribution in [2.45, 2.75) is 19.1 Å². The number of amides is 1. The second-order valence-electron chi connectivity index (χ2n) is 4.01. The Balaban J connectivity index is 2.03. The van der Waals surface area contributed by atoms with E-state index in [1.807, 2.05) is 6.92 Å². The molecule has 1 aliphatic heterocycles. The number of hydrogen-bond acceptors (Lipinski definition) is 4. The largest absolute Gasteiger partial charge is 0.506 e. The minimum atomic E-state index is -0.386. The predicted molar refractivity (Wildman–Crippen MR) is 63.9 cm³/mol. The molecule has 2 atom stereocenters. The van der Waals surface area contributed by atoms with E-state index in [4.69, 9.17) is 4.74 Å². The van der Waals surface area contributed by atoms with Crippen LogP contribution in [0.1, 0.15) is 6.92 Å². The van der Waals surface area contributed by atoms with E-state index < -0.39 is 0 Å². The quantitative estimate of drug-likeness (QED) is 0.661. The molecule has 1 saturated heterocycles. The first kappa shape index (κ1) is 11.9.